The normalized spacial score (nSPS) is 11.2. The molecule has 0 fully saturated rings. The second kappa shape index (κ2) is 7.88. The predicted molar refractivity (Wildman–Crippen MR) is 111 cm³/mol. The zero-order valence-electron chi connectivity index (χ0n) is 15.0. The van der Waals surface area contributed by atoms with Gasteiger partial charge >= 0.3 is 0 Å². The quantitative estimate of drug-likeness (QED) is 0.424. The monoisotopic (exact) mass is 415 g/mol. The Hall–Kier alpha value is -2.09. The Bertz CT molecular complexity index is 1070. The Balaban J connectivity index is 1.44. The molecule has 0 saturated carbocycles. The first-order valence-corrected chi connectivity index (χ1v) is 10.7. The summed E-state index contributed by atoms with van der Waals surface area (Å²) >= 11 is 9.53. The molecule has 0 atom stereocenters. The van der Waals surface area contributed by atoms with Crippen molar-refractivity contribution in [1.82, 2.24) is 24.3 Å². The molecule has 8 heteroatoms. The third kappa shape index (κ3) is 3.95. The lowest BCUT2D eigenvalue weighted by molar-refractivity contribution is 0.731. The molecule has 0 aliphatic rings. The topological polar surface area (TPSA) is 48.5 Å². The van der Waals surface area contributed by atoms with Gasteiger partial charge in [-0.1, -0.05) is 41.6 Å². The average molecular weight is 416 g/mol. The summed E-state index contributed by atoms with van der Waals surface area (Å²) in [5, 5.41) is 13.3. The van der Waals surface area contributed by atoms with Crippen LogP contribution in [0.3, 0.4) is 0 Å². The number of hydrogen-bond acceptors (Lipinski definition) is 5. The van der Waals surface area contributed by atoms with Gasteiger partial charge in [0.05, 0.1) is 10.7 Å². The highest BCUT2D eigenvalue weighted by Crippen LogP contribution is 2.31. The standard InChI is InChI=1S/C19H18ClN5S2/c1-24-9-5-6-14(24)10-17-22-23-19(25(17)2)27-12-13-11-26-18(21-13)15-7-3-4-8-16(15)20/h3-9,11H,10,12H2,1-2H3. The molecule has 0 aliphatic heterocycles. The van der Waals surface area contributed by atoms with Gasteiger partial charge in [-0.3, -0.25) is 0 Å². The zero-order valence-corrected chi connectivity index (χ0v) is 17.4. The van der Waals surface area contributed by atoms with Crippen molar-refractivity contribution in [2.75, 3.05) is 0 Å². The molecule has 0 N–H and O–H groups in total. The lowest BCUT2D eigenvalue weighted by Gasteiger charge is -2.04. The van der Waals surface area contributed by atoms with Crippen molar-refractivity contribution in [2.24, 2.45) is 14.1 Å². The molecule has 0 radical (unpaired) electrons. The molecule has 4 rings (SSSR count). The van der Waals surface area contributed by atoms with Crippen LogP contribution >= 0.6 is 34.7 Å². The van der Waals surface area contributed by atoms with Crippen LogP contribution in [0.1, 0.15) is 17.2 Å². The maximum absolute atomic E-state index is 6.27. The fourth-order valence-electron chi connectivity index (χ4n) is 2.74. The molecule has 1 aromatic carbocycles. The summed E-state index contributed by atoms with van der Waals surface area (Å²) in [7, 11) is 4.05. The van der Waals surface area contributed by atoms with E-state index in [1.165, 1.54) is 5.69 Å². The first kappa shape index (κ1) is 18.3. The molecule has 0 unspecified atom stereocenters. The number of benzene rings is 1. The molecule has 0 aliphatic carbocycles. The highest BCUT2D eigenvalue weighted by Gasteiger charge is 2.13. The van der Waals surface area contributed by atoms with E-state index in [0.717, 1.165) is 44.4 Å². The fraction of sp³-hybridized carbons (Fsp3) is 0.211. The highest BCUT2D eigenvalue weighted by molar-refractivity contribution is 7.98. The van der Waals surface area contributed by atoms with E-state index in [9.17, 15) is 0 Å². The highest BCUT2D eigenvalue weighted by atomic mass is 35.5. The number of nitrogens with zero attached hydrogens (tertiary/aromatic N) is 5. The second-order valence-electron chi connectivity index (χ2n) is 6.16. The molecule has 0 bridgehead atoms. The van der Waals surface area contributed by atoms with Gasteiger partial charge in [0.15, 0.2) is 5.16 Å². The molecule has 27 heavy (non-hydrogen) atoms. The Morgan fingerprint density at radius 3 is 2.74 bits per heavy atom. The van der Waals surface area contributed by atoms with Crippen LogP contribution in [0.5, 0.6) is 0 Å². The minimum atomic E-state index is 0.727. The molecule has 0 amide bonds. The maximum Gasteiger partial charge on any atom is 0.191 e. The van der Waals surface area contributed by atoms with Crippen molar-refractivity contribution in [3.05, 3.63) is 70.2 Å². The summed E-state index contributed by atoms with van der Waals surface area (Å²) in [5.41, 5.74) is 3.21. The van der Waals surface area contributed by atoms with Crippen LogP contribution in [0.25, 0.3) is 10.6 Å². The third-order valence-electron chi connectivity index (χ3n) is 4.32. The summed E-state index contributed by atoms with van der Waals surface area (Å²) in [4.78, 5) is 4.72. The molecular weight excluding hydrogens is 398 g/mol. The van der Waals surface area contributed by atoms with E-state index >= 15 is 0 Å². The van der Waals surface area contributed by atoms with Gasteiger partial charge in [0.25, 0.3) is 0 Å². The van der Waals surface area contributed by atoms with Gasteiger partial charge in [-0.05, 0) is 18.2 Å². The molecular formula is C19H18ClN5S2. The lowest BCUT2D eigenvalue weighted by atomic mass is 10.2. The second-order valence-corrected chi connectivity index (χ2v) is 8.37. The van der Waals surface area contributed by atoms with Crippen molar-refractivity contribution < 1.29 is 0 Å². The van der Waals surface area contributed by atoms with Crippen LogP contribution in [0.15, 0.2) is 53.1 Å². The minimum Gasteiger partial charge on any atom is -0.354 e. The van der Waals surface area contributed by atoms with Gasteiger partial charge in [0.2, 0.25) is 0 Å². The molecule has 0 saturated heterocycles. The Kier molecular flexibility index (Phi) is 5.33. The van der Waals surface area contributed by atoms with Gasteiger partial charge in [0, 0.05) is 49.1 Å². The van der Waals surface area contributed by atoms with E-state index in [1.54, 1.807) is 23.1 Å². The molecule has 4 aromatic rings. The van der Waals surface area contributed by atoms with Crippen molar-refractivity contribution in [1.29, 1.82) is 0 Å². The van der Waals surface area contributed by atoms with E-state index in [2.05, 4.69) is 30.8 Å². The van der Waals surface area contributed by atoms with E-state index in [1.807, 2.05) is 50.6 Å². The molecule has 0 spiro atoms. The number of aromatic nitrogens is 5. The van der Waals surface area contributed by atoms with Gasteiger partial charge in [-0.2, -0.15) is 0 Å². The van der Waals surface area contributed by atoms with Crippen LogP contribution < -0.4 is 0 Å². The number of hydrogen-bond donors (Lipinski definition) is 0. The van der Waals surface area contributed by atoms with E-state index < -0.39 is 0 Å². The molecule has 5 nitrogen and oxygen atoms in total. The maximum atomic E-state index is 6.27. The molecule has 138 valence electrons. The summed E-state index contributed by atoms with van der Waals surface area (Å²) in [6.45, 7) is 0. The summed E-state index contributed by atoms with van der Waals surface area (Å²) in [6, 6.07) is 11.9. The summed E-state index contributed by atoms with van der Waals surface area (Å²) in [6.07, 6.45) is 2.81. The van der Waals surface area contributed by atoms with Crippen molar-refractivity contribution in [3.8, 4) is 10.6 Å². The number of thioether (sulfide) groups is 1. The third-order valence-corrected chi connectivity index (χ3v) is 6.63. The molecule has 3 aromatic heterocycles. The zero-order chi connectivity index (χ0) is 18.8. The Morgan fingerprint density at radius 2 is 1.96 bits per heavy atom. The minimum absolute atomic E-state index is 0.727. The number of halogens is 1. The van der Waals surface area contributed by atoms with Gasteiger partial charge in [-0.25, -0.2) is 4.98 Å². The van der Waals surface area contributed by atoms with E-state index in [0.29, 0.717) is 0 Å². The smallest absolute Gasteiger partial charge is 0.191 e. The van der Waals surface area contributed by atoms with Gasteiger partial charge in [-0.15, -0.1) is 21.5 Å². The SMILES string of the molecule is Cn1cccc1Cc1nnc(SCc2csc(-c3ccccc3Cl)n2)n1C. The first-order valence-electron chi connectivity index (χ1n) is 8.42. The first-order chi connectivity index (χ1) is 13.1. The average Bonchev–Trinajstić information content (AvgIpc) is 3.37. The van der Waals surface area contributed by atoms with Crippen LogP contribution in [-0.4, -0.2) is 24.3 Å². The van der Waals surface area contributed by atoms with Crippen molar-refractivity contribution >= 4 is 34.7 Å². The van der Waals surface area contributed by atoms with Crippen LogP contribution in [0.2, 0.25) is 5.02 Å². The van der Waals surface area contributed by atoms with Crippen molar-refractivity contribution in [2.45, 2.75) is 17.3 Å². The fourth-order valence-corrected chi connectivity index (χ4v) is 4.80. The van der Waals surface area contributed by atoms with E-state index in [-0.39, 0.29) is 0 Å². The molecule has 3 heterocycles. The van der Waals surface area contributed by atoms with Crippen molar-refractivity contribution in [3.63, 3.8) is 0 Å². The van der Waals surface area contributed by atoms with Crippen LogP contribution in [0, 0.1) is 0 Å². The number of aryl methyl sites for hydroxylation is 1. The number of rotatable bonds is 6. The Morgan fingerprint density at radius 1 is 1.11 bits per heavy atom. The van der Waals surface area contributed by atoms with Crippen LogP contribution in [0.4, 0.5) is 0 Å². The van der Waals surface area contributed by atoms with E-state index in [4.69, 9.17) is 16.6 Å². The summed E-state index contributed by atoms with van der Waals surface area (Å²) in [5.74, 6) is 1.70. The lowest BCUT2D eigenvalue weighted by Crippen LogP contribution is -2.03. The van der Waals surface area contributed by atoms with Gasteiger partial charge in [0.1, 0.15) is 10.8 Å². The summed E-state index contributed by atoms with van der Waals surface area (Å²) < 4.78 is 4.16. The predicted octanol–water partition coefficient (Wildman–Crippen LogP) is 4.81. The largest absolute Gasteiger partial charge is 0.354 e. The number of thiazole rings is 1. The van der Waals surface area contributed by atoms with Crippen LogP contribution in [-0.2, 0) is 26.3 Å². The van der Waals surface area contributed by atoms with Gasteiger partial charge < -0.3 is 9.13 Å². The Labute approximate surface area is 171 Å².